The molecule has 2 fully saturated rings. The van der Waals surface area contributed by atoms with Gasteiger partial charge in [0.2, 0.25) is 11.8 Å². The fourth-order valence-electron chi connectivity index (χ4n) is 2.11. The van der Waals surface area contributed by atoms with Gasteiger partial charge in [0.25, 0.3) is 0 Å². The molecule has 2 saturated heterocycles. The zero-order valence-corrected chi connectivity index (χ0v) is 9.00. The zero-order chi connectivity index (χ0) is 11.7. The molecule has 0 aliphatic carbocycles. The Hall–Kier alpha value is -1.14. The van der Waals surface area contributed by atoms with Crippen molar-refractivity contribution in [3.05, 3.63) is 0 Å². The van der Waals surface area contributed by atoms with Crippen molar-refractivity contribution in [1.82, 2.24) is 9.80 Å². The van der Waals surface area contributed by atoms with Gasteiger partial charge in [0, 0.05) is 26.1 Å². The highest BCUT2D eigenvalue weighted by molar-refractivity contribution is 5.86. The third-order valence-corrected chi connectivity index (χ3v) is 3.11. The molecule has 2 aliphatic rings. The fraction of sp³-hybridized carbons (Fsp3) is 0.800. The highest BCUT2D eigenvalue weighted by Gasteiger charge is 2.34. The Balaban J connectivity index is 1.86. The van der Waals surface area contributed by atoms with Crippen molar-refractivity contribution in [3.8, 4) is 0 Å². The Labute approximate surface area is 93.4 Å². The minimum atomic E-state index is -0.863. The number of likely N-dealkylation sites (tertiary alicyclic amines) is 2. The normalized spacial score (nSPS) is 30.2. The van der Waals surface area contributed by atoms with Gasteiger partial charge in [-0.05, 0) is 6.42 Å². The molecule has 0 radical (unpaired) electrons. The molecular weight excluding hydrogens is 212 g/mol. The van der Waals surface area contributed by atoms with Crippen LogP contribution in [0.1, 0.15) is 12.8 Å². The van der Waals surface area contributed by atoms with Gasteiger partial charge in [-0.25, -0.2) is 0 Å². The molecule has 0 aromatic carbocycles. The third kappa shape index (κ3) is 2.17. The lowest BCUT2D eigenvalue weighted by Gasteiger charge is -2.20. The molecule has 2 atom stereocenters. The third-order valence-electron chi connectivity index (χ3n) is 3.11. The van der Waals surface area contributed by atoms with Crippen LogP contribution in [0.15, 0.2) is 0 Å². The van der Waals surface area contributed by atoms with E-state index >= 15 is 0 Å². The SMILES string of the molecule is O=C1CCCN1CC(=O)N1C[C@@H](O)[C@@H](O)C1. The zero-order valence-electron chi connectivity index (χ0n) is 9.00. The van der Waals surface area contributed by atoms with Crippen molar-refractivity contribution in [2.45, 2.75) is 25.0 Å². The van der Waals surface area contributed by atoms with E-state index in [1.807, 2.05) is 0 Å². The van der Waals surface area contributed by atoms with Crippen molar-refractivity contribution in [2.24, 2.45) is 0 Å². The highest BCUT2D eigenvalue weighted by Crippen LogP contribution is 2.13. The number of hydrogen-bond acceptors (Lipinski definition) is 4. The van der Waals surface area contributed by atoms with Crippen LogP contribution < -0.4 is 0 Å². The molecule has 0 unspecified atom stereocenters. The number of aliphatic hydroxyl groups is 2. The van der Waals surface area contributed by atoms with Gasteiger partial charge in [0.1, 0.15) is 0 Å². The lowest BCUT2D eigenvalue weighted by Crippen LogP contribution is -2.40. The van der Waals surface area contributed by atoms with E-state index in [9.17, 15) is 19.8 Å². The Morgan fingerprint density at radius 1 is 1.31 bits per heavy atom. The predicted octanol–water partition coefficient (Wildman–Crippen LogP) is -1.83. The summed E-state index contributed by atoms with van der Waals surface area (Å²) in [6.07, 6.45) is -0.410. The molecule has 2 rings (SSSR count). The monoisotopic (exact) mass is 228 g/mol. The first-order valence-electron chi connectivity index (χ1n) is 5.49. The summed E-state index contributed by atoms with van der Waals surface area (Å²) in [5, 5.41) is 18.6. The Morgan fingerprint density at radius 3 is 2.44 bits per heavy atom. The average molecular weight is 228 g/mol. The fourth-order valence-corrected chi connectivity index (χ4v) is 2.11. The first-order chi connectivity index (χ1) is 7.58. The first-order valence-corrected chi connectivity index (χ1v) is 5.49. The van der Waals surface area contributed by atoms with Crippen LogP contribution in [0.3, 0.4) is 0 Å². The van der Waals surface area contributed by atoms with Gasteiger partial charge in [-0.1, -0.05) is 0 Å². The van der Waals surface area contributed by atoms with Gasteiger partial charge in [0.15, 0.2) is 0 Å². The second-order valence-electron chi connectivity index (χ2n) is 4.35. The molecule has 0 aromatic heterocycles. The number of β-amino-alcohol motifs (C(OH)–C–C–N with tert-alkyl or cyclic N) is 2. The molecule has 90 valence electrons. The second kappa shape index (κ2) is 4.39. The van der Waals surface area contributed by atoms with E-state index in [2.05, 4.69) is 0 Å². The summed E-state index contributed by atoms with van der Waals surface area (Å²) in [7, 11) is 0. The number of nitrogens with zero attached hydrogens (tertiary/aromatic N) is 2. The van der Waals surface area contributed by atoms with E-state index in [4.69, 9.17) is 0 Å². The van der Waals surface area contributed by atoms with Crippen molar-refractivity contribution in [2.75, 3.05) is 26.2 Å². The van der Waals surface area contributed by atoms with Crippen LogP contribution in [0.25, 0.3) is 0 Å². The van der Waals surface area contributed by atoms with Gasteiger partial charge in [-0.2, -0.15) is 0 Å². The van der Waals surface area contributed by atoms with Gasteiger partial charge in [-0.3, -0.25) is 9.59 Å². The van der Waals surface area contributed by atoms with E-state index in [1.165, 1.54) is 9.80 Å². The van der Waals surface area contributed by atoms with Crippen LogP contribution in [0.2, 0.25) is 0 Å². The standard InChI is InChI=1S/C10H16N2O4/c13-7-4-12(5-8(7)14)10(16)6-11-3-1-2-9(11)15/h7-8,13-14H,1-6H2/t7-,8+. The van der Waals surface area contributed by atoms with Crippen LogP contribution >= 0.6 is 0 Å². The summed E-state index contributed by atoms with van der Waals surface area (Å²) in [6.45, 7) is 1.01. The predicted molar refractivity (Wildman–Crippen MR) is 54.4 cm³/mol. The molecule has 0 aromatic rings. The van der Waals surface area contributed by atoms with Crippen molar-refractivity contribution in [3.63, 3.8) is 0 Å². The molecule has 2 heterocycles. The van der Waals surface area contributed by atoms with Crippen LogP contribution in [0.4, 0.5) is 0 Å². The van der Waals surface area contributed by atoms with E-state index in [0.29, 0.717) is 13.0 Å². The number of rotatable bonds is 2. The number of aliphatic hydroxyl groups excluding tert-OH is 2. The lowest BCUT2D eigenvalue weighted by atomic mass is 10.3. The van der Waals surface area contributed by atoms with Gasteiger partial charge in [-0.15, -0.1) is 0 Å². The van der Waals surface area contributed by atoms with Crippen LogP contribution in [-0.2, 0) is 9.59 Å². The number of carbonyl (C=O) groups is 2. The summed E-state index contributed by atoms with van der Waals surface area (Å²) in [5.74, 6) is -0.195. The van der Waals surface area contributed by atoms with Crippen molar-refractivity contribution >= 4 is 11.8 Å². The summed E-state index contributed by atoms with van der Waals surface area (Å²) >= 11 is 0. The van der Waals surface area contributed by atoms with Crippen LogP contribution in [0.5, 0.6) is 0 Å². The van der Waals surface area contributed by atoms with Crippen molar-refractivity contribution < 1.29 is 19.8 Å². The van der Waals surface area contributed by atoms with E-state index < -0.39 is 12.2 Å². The van der Waals surface area contributed by atoms with E-state index in [-0.39, 0.29) is 31.4 Å². The Morgan fingerprint density at radius 2 is 1.94 bits per heavy atom. The number of amides is 2. The van der Waals surface area contributed by atoms with Gasteiger partial charge in [0.05, 0.1) is 18.8 Å². The molecular formula is C10H16N2O4. The number of hydrogen-bond donors (Lipinski definition) is 2. The maximum Gasteiger partial charge on any atom is 0.242 e. The minimum Gasteiger partial charge on any atom is -0.388 e. The van der Waals surface area contributed by atoms with Crippen LogP contribution in [0, 0.1) is 0 Å². The van der Waals surface area contributed by atoms with E-state index in [1.54, 1.807) is 0 Å². The maximum atomic E-state index is 11.7. The van der Waals surface area contributed by atoms with Gasteiger partial charge < -0.3 is 20.0 Å². The molecule has 6 nitrogen and oxygen atoms in total. The molecule has 2 amide bonds. The highest BCUT2D eigenvalue weighted by atomic mass is 16.3. The minimum absolute atomic E-state index is 0.00800. The molecule has 0 saturated carbocycles. The van der Waals surface area contributed by atoms with Gasteiger partial charge >= 0.3 is 0 Å². The van der Waals surface area contributed by atoms with Crippen LogP contribution in [-0.4, -0.2) is 70.2 Å². The average Bonchev–Trinajstić information content (AvgIpc) is 2.76. The molecule has 2 N–H and O–H groups in total. The Kier molecular flexibility index (Phi) is 3.11. The smallest absolute Gasteiger partial charge is 0.242 e. The molecule has 0 bridgehead atoms. The van der Waals surface area contributed by atoms with Crippen molar-refractivity contribution in [1.29, 1.82) is 0 Å². The maximum absolute atomic E-state index is 11.7. The molecule has 16 heavy (non-hydrogen) atoms. The quantitative estimate of drug-likeness (QED) is 0.582. The number of carbonyl (C=O) groups excluding carboxylic acids is 2. The molecule has 0 spiro atoms. The summed E-state index contributed by atoms with van der Waals surface area (Å²) in [4.78, 5) is 26.0. The first kappa shape index (κ1) is 11.3. The molecule has 2 aliphatic heterocycles. The summed E-state index contributed by atoms with van der Waals surface area (Å²) in [6, 6.07) is 0. The largest absolute Gasteiger partial charge is 0.388 e. The summed E-state index contributed by atoms with van der Waals surface area (Å²) in [5.41, 5.74) is 0. The molecule has 6 heteroatoms. The van der Waals surface area contributed by atoms with E-state index in [0.717, 1.165) is 6.42 Å². The topological polar surface area (TPSA) is 81.1 Å². The summed E-state index contributed by atoms with van der Waals surface area (Å²) < 4.78 is 0. The Bertz CT molecular complexity index is 297. The lowest BCUT2D eigenvalue weighted by molar-refractivity contribution is -0.138. The second-order valence-corrected chi connectivity index (χ2v) is 4.35.